The molecule has 0 radical (unpaired) electrons. The van der Waals surface area contributed by atoms with Crippen molar-refractivity contribution in [2.45, 2.75) is 26.3 Å². The van der Waals surface area contributed by atoms with Crippen molar-refractivity contribution < 1.29 is 14.6 Å². The molecule has 7 nitrogen and oxygen atoms in total. The zero-order valence-electron chi connectivity index (χ0n) is 16.2. The van der Waals surface area contributed by atoms with Crippen molar-refractivity contribution >= 4 is 17.4 Å². The van der Waals surface area contributed by atoms with E-state index in [-0.39, 0.29) is 12.6 Å². The summed E-state index contributed by atoms with van der Waals surface area (Å²) in [6.07, 6.45) is 3.68. The molecule has 0 spiro atoms. The number of hydrogen-bond acceptors (Lipinski definition) is 5. The first-order valence-corrected chi connectivity index (χ1v) is 9.77. The highest BCUT2D eigenvalue weighted by Crippen LogP contribution is 2.23. The lowest BCUT2D eigenvalue weighted by molar-refractivity contribution is 0.203. The highest BCUT2D eigenvalue weighted by Gasteiger charge is 2.18. The zero-order valence-corrected chi connectivity index (χ0v) is 16.2. The molecule has 0 saturated carbocycles. The Morgan fingerprint density at radius 1 is 1.25 bits per heavy atom. The molecule has 7 heteroatoms. The van der Waals surface area contributed by atoms with Gasteiger partial charge in [-0.25, -0.2) is 9.78 Å². The fourth-order valence-electron chi connectivity index (χ4n) is 3.28. The Morgan fingerprint density at radius 3 is 2.68 bits per heavy atom. The molecule has 3 rings (SSSR count). The van der Waals surface area contributed by atoms with E-state index in [1.165, 1.54) is 5.69 Å². The van der Waals surface area contributed by atoms with Crippen molar-refractivity contribution in [1.29, 1.82) is 0 Å². The van der Waals surface area contributed by atoms with E-state index in [0.29, 0.717) is 30.6 Å². The van der Waals surface area contributed by atoms with Crippen molar-refractivity contribution in [2.75, 3.05) is 36.5 Å². The van der Waals surface area contributed by atoms with Crippen LogP contribution in [0.4, 0.5) is 16.2 Å². The molecule has 1 saturated heterocycles. The number of rotatable bonds is 7. The third-order valence-electron chi connectivity index (χ3n) is 4.93. The van der Waals surface area contributed by atoms with Gasteiger partial charge in [0.15, 0.2) is 0 Å². The normalized spacial score (nSPS) is 14.6. The van der Waals surface area contributed by atoms with Crippen molar-refractivity contribution in [1.82, 2.24) is 10.3 Å². The number of nitrogens with one attached hydrogen (secondary N) is 2. The number of aliphatic hydroxyl groups excluding tert-OH is 1. The predicted octanol–water partition coefficient (Wildman–Crippen LogP) is 3.01. The second-order valence-electron chi connectivity index (χ2n) is 6.88. The first kappa shape index (κ1) is 19.9. The Morgan fingerprint density at radius 2 is 2.00 bits per heavy atom. The molecular weight excluding hydrogens is 356 g/mol. The number of anilines is 2. The van der Waals surface area contributed by atoms with Gasteiger partial charge in [0.05, 0.1) is 6.61 Å². The molecule has 28 heavy (non-hydrogen) atoms. The Bertz CT molecular complexity index is 759. The minimum Gasteiger partial charge on any atom is -0.476 e. The SMILES string of the molecule is CCOc1ncccc1NC(=O)NCc1ccc(N2CCC(CO)CC2)cc1. The number of carbonyl (C=O) groups is 1. The molecule has 2 aromatic rings. The molecule has 0 bridgehead atoms. The van der Waals surface area contributed by atoms with Gasteiger partial charge in [-0.3, -0.25) is 0 Å². The van der Waals surface area contributed by atoms with E-state index in [1.807, 2.05) is 19.1 Å². The largest absolute Gasteiger partial charge is 0.476 e. The maximum Gasteiger partial charge on any atom is 0.319 e. The number of nitrogens with zero attached hydrogens (tertiary/aromatic N) is 2. The van der Waals surface area contributed by atoms with Crippen LogP contribution in [0.5, 0.6) is 5.88 Å². The van der Waals surface area contributed by atoms with Gasteiger partial charge >= 0.3 is 6.03 Å². The maximum absolute atomic E-state index is 12.2. The number of hydrogen-bond donors (Lipinski definition) is 3. The van der Waals surface area contributed by atoms with E-state index in [1.54, 1.807) is 18.3 Å². The van der Waals surface area contributed by atoms with Crippen LogP contribution in [0.1, 0.15) is 25.3 Å². The zero-order chi connectivity index (χ0) is 19.8. The van der Waals surface area contributed by atoms with Gasteiger partial charge in [0, 0.05) is 38.1 Å². The summed E-state index contributed by atoms with van der Waals surface area (Å²) in [6.45, 7) is 5.01. The fourth-order valence-corrected chi connectivity index (χ4v) is 3.28. The predicted molar refractivity (Wildman–Crippen MR) is 110 cm³/mol. The Labute approximate surface area is 165 Å². The molecule has 3 N–H and O–H groups in total. The van der Waals surface area contributed by atoms with Gasteiger partial charge in [0.2, 0.25) is 5.88 Å². The van der Waals surface area contributed by atoms with E-state index in [9.17, 15) is 9.90 Å². The van der Waals surface area contributed by atoms with Crippen molar-refractivity contribution in [3.63, 3.8) is 0 Å². The van der Waals surface area contributed by atoms with E-state index < -0.39 is 0 Å². The smallest absolute Gasteiger partial charge is 0.319 e. The molecule has 1 fully saturated rings. The van der Waals surface area contributed by atoms with Crippen molar-refractivity contribution in [3.05, 3.63) is 48.2 Å². The number of carbonyl (C=O) groups excluding carboxylic acids is 1. The molecule has 0 unspecified atom stereocenters. The molecule has 1 aromatic heterocycles. The molecule has 150 valence electrons. The third-order valence-corrected chi connectivity index (χ3v) is 4.93. The minimum absolute atomic E-state index is 0.283. The standard InChI is InChI=1S/C21H28N4O3/c1-2-28-20-19(4-3-11-22-20)24-21(27)23-14-16-5-7-18(8-6-16)25-12-9-17(15-26)10-13-25/h3-8,11,17,26H,2,9-10,12-15H2,1H3,(H2,23,24,27). The van der Waals surface area contributed by atoms with Crippen LogP contribution in [0.25, 0.3) is 0 Å². The summed E-state index contributed by atoms with van der Waals surface area (Å²) in [6, 6.07) is 11.4. The van der Waals surface area contributed by atoms with Gasteiger partial charge in [-0.15, -0.1) is 0 Å². The average molecular weight is 384 g/mol. The number of aliphatic hydroxyl groups is 1. The number of piperidine rings is 1. The highest BCUT2D eigenvalue weighted by atomic mass is 16.5. The quantitative estimate of drug-likeness (QED) is 0.683. The van der Waals surface area contributed by atoms with Gasteiger partial charge < -0.3 is 25.4 Å². The fraction of sp³-hybridized carbons (Fsp3) is 0.429. The summed E-state index contributed by atoms with van der Waals surface area (Å²) < 4.78 is 5.41. The Hall–Kier alpha value is -2.80. The molecule has 1 aliphatic rings. The number of amides is 2. The monoisotopic (exact) mass is 384 g/mol. The number of benzene rings is 1. The van der Waals surface area contributed by atoms with Crippen molar-refractivity contribution in [3.8, 4) is 5.88 Å². The second-order valence-corrected chi connectivity index (χ2v) is 6.88. The average Bonchev–Trinajstić information content (AvgIpc) is 2.74. The summed E-state index contributed by atoms with van der Waals surface area (Å²) in [4.78, 5) is 18.6. The van der Waals surface area contributed by atoms with Crippen LogP contribution in [0.2, 0.25) is 0 Å². The van der Waals surface area contributed by atoms with Gasteiger partial charge in [0.25, 0.3) is 0 Å². The van der Waals surface area contributed by atoms with Crippen LogP contribution in [-0.2, 0) is 6.54 Å². The first-order chi connectivity index (χ1) is 13.7. The number of pyridine rings is 1. The van der Waals surface area contributed by atoms with Crippen LogP contribution in [0.3, 0.4) is 0 Å². The second kappa shape index (κ2) is 9.94. The van der Waals surface area contributed by atoms with Crippen LogP contribution in [-0.4, -0.2) is 42.4 Å². The minimum atomic E-state index is -0.302. The summed E-state index contributed by atoms with van der Waals surface area (Å²) in [5, 5.41) is 14.9. The number of aromatic nitrogens is 1. The van der Waals surface area contributed by atoms with Gasteiger partial charge in [-0.05, 0) is 55.5 Å². The van der Waals surface area contributed by atoms with E-state index in [0.717, 1.165) is 31.5 Å². The van der Waals surface area contributed by atoms with Crippen molar-refractivity contribution in [2.24, 2.45) is 5.92 Å². The number of urea groups is 1. The summed E-state index contributed by atoms with van der Waals surface area (Å²) in [7, 11) is 0. The molecule has 1 aliphatic heterocycles. The molecule has 1 aromatic carbocycles. The van der Waals surface area contributed by atoms with E-state index in [4.69, 9.17) is 4.74 Å². The Kier molecular flexibility index (Phi) is 7.08. The summed E-state index contributed by atoms with van der Waals surface area (Å²) in [5.74, 6) is 0.843. The third kappa shape index (κ3) is 5.36. The van der Waals surface area contributed by atoms with Gasteiger partial charge in [0.1, 0.15) is 5.69 Å². The van der Waals surface area contributed by atoms with Gasteiger partial charge in [-0.2, -0.15) is 0 Å². The number of ether oxygens (including phenoxy) is 1. The molecule has 2 amide bonds. The van der Waals surface area contributed by atoms with Crippen LogP contribution in [0.15, 0.2) is 42.6 Å². The molecule has 0 aliphatic carbocycles. The summed E-state index contributed by atoms with van der Waals surface area (Å²) in [5.41, 5.74) is 2.75. The van der Waals surface area contributed by atoms with Gasteiger partial charge in [-0.1, -0.05) is 12.1 Å². The van der Waals surface area contributed by atoms with E-state index >= 15 is 0 Å². The first-order valence-electron chi connectivity index (χ1n) is 9.77. The van der Waals surface area contributed by atoms with Crippen LogP contribution in [0, 0.1) is 5.92 Å². The maximum atomic E-state index is 12.2. The topological polar surface area (TPSA) is 86.7 Å². The van der Waals surface area contributed by atoms with E-state index in [2.05, 4.69) is 32.7 Å². The lowest BCUT2D eigenvalue weighted by atomic mass is 9.97. The summed E-state index contributed by atoms with van der Waals surface area (Å²) >= 11 is 0. The molecule has 0 atom stereocenters. The lowest BCUT2D eigenvalue weighted by Gasteiger charge is -2.33. The lowest BCUT2D eigenvalue weighted by Crippen LogP contribution is -2.34. The molecular formula is C21H28N4O3. The highest BCUT2D eigenvalue weighted by molar-refractivity contribution is 5.90. The van der Waals surface area contributed by atoms with Crippen LogP contribution < -0.4 is 20.3 Å². The Balaban J connectivity index is 1.49. The molecule has 2 heterocycles. The van der Waals surface area contributed by atoms with Crippen LogP contribution >= 0.6 is 0 Å².